The van der Waals surface area contributed by atoms with Gasteiger partial charge in [-0.25, -0.2) is 0 Å². The molecule has 2 nitrogen and oxygen atoms in total. The standard InChI is InChI=1S/C16H18O2/c1-3-16(18,4-2)15(17)14-10-9-12-7-5-6-8-13(12)11-14/h3,5-11,15,17-18H,1,4H2,2H3/t15-,16-/m1/s1. The molecular formula is C16H18O2. The van der Waals surface area contributed by atoms with E-state index in [1.54, 1.807) is 0 Å². The molecule has 0 unspecified atom stereocenters. The minimum Gasteiger partial charge on any atom is -0.385 e. The van der Waals surface area contributed by atoms with E-state index in [1.165, 1.54) is 6.08 Å². The second kappa shape index (κ2) is 4.92. The molecular weight excluding hydrogens is 224 g/mol. The summed E-state index contributed by atoms with van der Waals surface area (Å²) >= 11 is 0. The maximum atomic E-state index is 10.3. The van der Waals surface area contributed by atoms with Gasteiger partial charge >= 0.3 is 0 Å². The Balaban J connectivity index is 2.45. The molecule has 18 heavy (non-hydrogen) atoms. The summed E-state index contributed by atoms with van der Waals surface area (Å²) in [6.45, 7) is 5.43. The van der Waals surface area contributed by atoms with E-state index >= 15 is 0 Å². The van der Waals surface area contributed by atoms with Gasteiger partial charge in [0.25, 0.3) is 0 Å². The number of benzene rings is 2. The average molecular weight is 242 g/mol. The molecule has 2 aromatic carbocycles. The van der Waals surface area contributed by atoms with Crippen LogP contribution < -0.4 is 0 Å². The van der Waals surface area contributed by atoms with Crippen LogP contribution in [0.2, 0.25) is 0 Å². The lowest BCUT2D eigenvalue weighted by molar-refractivity contribution is -0.0432. The van der Waals surface area contributed by atoms with Crippen LogP contribution in [-0.2, 0) is 0 Å². The molecule has 0 amide bonds. The summed E-state index contributed by atoms with van der Waals surface area (Å²) in [7, 11) is 0. The fourth-order valence-corrected chi connectivity index (χ4v) is 2.12. The van der Waals surface area contributed by atoms with Crippen LogP contribution in [-0.4, -0.2) is 15.8 Å². The van der Waals surface area contributed by atoms with E-state index in [1.807, 2.05) is 49.4 Å². The topological polar surface area (TPSA) is 40.5 Å². The highest BCUT2D eigenvalue weighted by molar-refractivity contribution is 5.83. The zero-order valence-corrected chi connectivity index (χ0v) is 10.5. The minimum atomic E-state index is -1.28. The van der Waals surface area contributed by atoms with Gasteiger partial charge in [-0.3, -0.25) is 0 Å². The van der Waals surface area contributed by atoms with E-state index in [2.05, 4.69) is 6.58 Å². The molecule has 0 saturated heterocycles. The van der Waals surface area contributed by atoms with Gasteiger partial charge < -0.3 is 10.2 Å². The van der Waals surface area contributed by atoms with Gasteiger partial charge in [-0.1, -0.05) is 49.4 Å². The molecule has 0 heterocycles. The predicted molar refractivity (Wildman–Crippen MR) is 74.3 cm³/mol. The summed E-state index contributed by atoms with van der Waals surface area (Å²) in [4.78, 5) is 0. The molecule has 0 radical (unpaired) electrons. The second-order valence-corrected chi connectivity index (χ2v) is 4.56. The number of rotatable bonds is 4. The molecule has 0 aliphatic carbocycles. The SMILES string of the molecule is C=C[C@@](O)(CC)[C@H](O)c1ccc2ccccc2c1. The third-order valence-electron chi connectivity index (χ3n) is 3.48. The van der Waals surface area contributed by atoms with Crippen LogP contribution in [0.5, 0.6) is 0 Å². The normalized spacial score (nSPS) is 16.2. The molecule has 2 atom stereocenters. The van der Waals surface area contributed by atoms with Crippen molar-refractivity contribution in [2.45, 2.75) is 25.0 Å². The average Bonchev–Trinajstić information content (AvgIpc) is 2.45. The van der Waals surface area contributed by atoms with Crippen molar-refractivity contribution in [2.24, 2.45) is 0 Å². The molecule has 2 aromatic rings. The van der Waals surface area contributed by atoms with Crippen molar-refractivity contribution in [1.82, 2.24) is 0 Å². The fraction of sp³-hybridized carbons (Fsp3) is 0.250. The predicted octanol–water partition coefficient (Wildman–Crippen LogP) is 3.20. The molecule has 0 fully saturated rings. The molecule has 0 saturated carbocycles. The van der Waals surface area contributed by atoms with Crippen molar-refractivity contribution >= 4 is 10.8 Å². The molecule has 2 rings (SSSR count). The minimum absolute atomic E-state index is 0.421. The molecule has 94 valence electrons. The smallest absolute Gasteiger partial charge is 0.112 e. The molecule has 0 aliphatic heterocycles. The summed E-state index contributed by atoms with van der Waals surface area (Å²) < 4.78 is 0. The Kier molecular flexibility index (Phi) is 3.50. The lowest BCUT2D eigenvalue weighted by atomic mass is 9.88. The Morgan fingerprint density at radius 2 is 1.89 bits per heavy atom. The summed E-state index contributed by atoms with van der Waals surface area (Å²) in [5.41, 5.74) is -0.569. The number of hydrogen-bond donors (Lipinski definition) is 2. The van der Waals surface area contributed by atoms with Gasteiger partial charge in [-0.15, -0.1) is 6.58 Å². The first kappa shape index (κ1) is 12.8. The Labute approximate surface area is 107 Å². The molecule has 0 spiro atoms. The lowest BCUT2D eigenvalue weighted by Gasteiger charge is -2.29. The van der Waals surface area contributed by atoms with Crippen LogP contribution in [0.3, 0.4) is 0 Å². The highest BCUT2D eigenvalue weighted by Gasteiger charge is 2.31. The summed E-state index contributed by atoms with van der Waals surface area (Å²) in [5.74, 6) is 0. The van der Waals surface area contributed by atoms with E-state index in [4.69, 9.17) is 0 Å². The van der Waals surface area contributed by atoms with Gasteiger partial charge in [0, 0.05) is 0 Å². The first-order valence-corrected chi connectivity index (χ1v) is 6.13. The molecule has 2 N–H and O–H groups in total. The number of hydrogen-bond acceptors (Lipinski definition) is 2. The first-order valence-electron chi connectivity index (χ1n) is 6.13. The second-order valence-electron chi connectivity index (χ2n) is 4.56. The van der Waals surface area contributed by atoms with Crippen molar-refractivity contribution in [3.63, 3.8) is 0 Å². The third kappa shape index (κ3) is 2.17. The highest BCUT2D eigenvalue weighted by atomic mass is 16.3. The highest BCUT2D eigenvalue weighted by Crippen LogP contribution is 2.31. The Morgan fingerprint density at radius 1 is 1.22 bits per heavy atom. The molecule has 0 aliphatic rings. The maximum absolute atomic E-state index is 10.3. The van der Waals surface area contributed by atoms with Crippen molar-refractivity contribution in [1.29, 1.82) is 0 Å². The number of aliphatic hydroxyl groups is 2. The summed E-state index contributed by atoms with van der Waals surface area (Å²) in [6, 6.07) is 13.6. The Morgan fingerprint density at radius 3 is 2.50 bits per heavy atom. The van der Waals surface area contributed by atoms with Gasteiger partial charge in [-0.05, 0) is 28.8 Å². The van der Waals surface area contributed by atoms with E-state index in [9.17, 15) is 10.2 Å². The van der Waals surface area contributed by atoms with E-state index in [0.717, 1.165) is 10.8 Å². The summed E-state index contributed by atoms with van der Waals surface area (Å²) in [5, 5.41) is 22.7. The molecule has 0 aromatic heterocycles. The summed E-state index contributed by atoms with van der Waals surface area (Å²) in [6.07, 6.45) is 0.877. The van der Waals surface area contributed by atoms with Crippen LogP contribution in [0.15, 0.2) is 55.1 Å². The van der Waals surface area contributed by atoms with E-state index in [-0.39, 0.29) is 0 Å². The van der Waals surface area contributed by atoms with E-state index in [0.29, 0.717) is 12.0 Å². The van der Waals surface area contributed by atoms with Crippen LogP contribution >= 0.6 is 0 Å². The third-order valence-corrected chi connectivity index (χ3v) is 3.48. The van der Waals surface area contributed by atoms with Crippen molar-refractivity contribution < 1.29 is 10.2 Å². The quantitative estimate of drug-likeness (QED) is 0.808. The van der Waals surface area contributed by atoms with Crippen LogP contribution in [0, 0.1) is 0 Å². The largest absolute Gasteiger partial charge is 0.385 e. The van der Waals surface area contributed by atoms with Crippen LogP contribution in [0.1, 0.15) is 25.0 Å². The number of fused-ring (bicyclic) bond motifs is 1. The van der Waals surface area contributed by atoms with Gasteiger partial charge in [0.1, 0.15) is 11.7 Å². The fourth-order valence-electron chi connectivity index (χ4n) is 2.12. The monoisotopic (exact) mass is 242 g/mol. The van der Waals surface area contributed by atoms with Crippen LogP contribution in [0.25, 0.3) is 10.8 Å². The van der Waals surface area contributed by atoms with E-state index < -0.39 is 11.7 Å². The van der Waals surface area contributed by atoms with Crippen molar-refractivity contribution in [3.8, 4) is 0 Å². The van der Waals surface area contributed by atoms with Gasteiger partial charge in [0.15, 0.2) is 0 Å². The Hall–Kier alpha value is -1.64. The van der Waals surface area contributed by atoms with Gasteiger partial charge in [0.05, 0.1) is 0 Å². The van der Waals surface area contributed by atoms with Gasteiger partial charge in [0.2, 0.25) is 0 Å². The first-order chi connectivity index (χ1) is 8.60. The number of aliphatic hydroxyl groups excluding tert-OH is 1. The van der Waals surface area contributed by atoms with Crippen LogP contribution in [0.4, 0.5) is 0 Å². The lowest BCUT2D eigenvalue weighted by Crippen LogP contribution is -2.33. The van der Waals surface area contributed by atoms with Crippen molar-refractivity contribution in [3.05, 3.63) is 60.7 Å². The zero-order valence-electron chi connectivity index (χ0n) is 10.5. The van der Waals surface area contributed by atoms with Crippen molar-refractivity contribution in [2.75, 3.05) is 0 Å². The molecule has 0 bridgehead atoms. The van der Waals surface area contributed by atoms with Gasteiger partial charge in [-0.2, -0.15) is 0 Å². The maximum Gasteiger partial charge on any atom is 0.112 e. The molecule has 2 heteroatoms. The zero-order chi connectivity index (χ0) is 13.2. The Bertz CT molecular complexity index is 562.